The van der Waals surface area contributed by atoms with Gasteiger partial charge in [-0.25, -0.2) is 0 Å². The van der Waals surface area contributed by atoms with Crippen molar-refractivity contribution >= 4 is 34.3 Å². The third-order valence-electron chi connectivity index (χ3n) is 1.54. The predicted octanol–water partition coefficient (Wildman–Crippen LogP) is 0.462. The fourth-order valence-electron chi connectivity index (χ4n) is 0.951. The van der Waals surface area contributed by atoms with Gasteiger partial charge in [0.25, 0.3) is 0 Å². The molecule has 0 aliphatic heterocycles. The third kappa shape index (κ3) is 9.58. The predicted molar refractivity (Wildman–Crippen MR) is 56.5 cm³/mol. The third-order valence-corrected chi connectivity index (χ3v) is 2.97. The van der Waals surface area contributed by atoms with Crippen LogP contribution in [0.5, 0.6) is 0 Å². The van der Waals surface area contributed by atoms with Gasteiger partial charge >= 0.3 is 77.6 Å². The molecule has 1 N–H and O–H groups in total. The normalized spacial score (nSPS) is 8.60. The van der Waals surface area contributed by atoms with E-state index in [0.717, 1.165) is 5.28 Å². The Labute approximate surface area is 95.9 Å². The Morgan fingerprint density at radius 2 is 1.93 bits per heavy atom. The first-order valence-corrected chi connectivity index (χ1v) is 6.38. The molecule has 0 heterocycles. The maximum absolute atomic E-state index is 10.2. The van der Waals surface area contributed by atoms with E-state index in [9.17, 15) is 4.79 Å². The summed E-state index contributed by atoms with van der Waals surface area (Å²) in [5.74, 6) is -0.696. The largest absolute Gasteiger partial charge is 0.772 e. The van der Waals surface area contributed by atoms with Crippen LogP contribution in [0.1, 0.15) is 6.42 Å². The summed E-state index contributed by atoms with van der Waals surface area (Å²) in [4.78, 5) is 18.6. The van der Waals surface area contributed by atoms with Gasteiger partial charge in [-0.3, -0.25) is 4.57 Å². The summed E-state index contributed by atoms with van der Waals surface area (Å²) in [6, 6.07) is 10.1. The van der Waals surface area contributed by atoms with Crippen molar-refractivity contribution in [3.8, 4) is 0 Å². The van der Waals surface area contributed by atoms with E-state index >= 15 is 0 Å². The van der Waals surface area contributed by atoms with Crippen LogP contribution in [0.15, 0.2) is 30.3 Å². The molecule has 6 heteroatoms. The summed E-state index contributed by atoms with van der Waals surface area (Å²) in [5.41, 5.74) is 0. The molecule has 0 radical (unpaired) electrons. The maximum Gasteiger partial charge on any atom is 0.0642 e. The molecule has 0 saturated heterocycles. The fourth-order valence-corrected chi connectivity index (χ4v) is 2.17. The van der Waals surface area contributed by atoms with Crippen LogP contribution in [-0.2, 0) is 9.36 Å². The van der Waals surface area contributed by atoms with Crippen molar-refractivity contribution in [1.82, 2.24) is 0 Å². The average molecular weight is 240 g/mol. The smallest absolute Gasteiger partial charge is 0.0642 e. The van der Waals surface area contributed by atoms with Crippen LogP contribution in [0.2, 0.25) is 5.28 Å². The number of carboxylic acids is 1. The molecule has 0 aliphatic rings. The second-order valence-corrected chi connectivity index (χ2v) is 4.42. The van der Waals surface area contributed by atoms with E-state index in [1.807, 2.05) is 18.2 Å². The molecule has 4 nitrogen and oxygen atoms in total. The SMILES string of the molecule is O=C(O)C[CH2][Al+][c]1ccccc1.O=P[O-]. The Bertz CT molecular complexity index is 291. The van der Waals surface area contributed by atoms with Gasteiger partial charge in [0.2, 0.25) is 0 Å². The number of aliphatic carboxylic acids is 1. The Kier molecular flexibility index (Phi) is 9.35. The van der Waals surface area contributed by atoms with Gasteiger partial charge in [0, 0.05) is 0 Å². The van der Waals surface area contributed by atoms with Crippen molar-refractivity contribution in [3.63, 3.8) is 0 Å². The van der Waals surface area contributed by atoms with E-state index in [0.29, 0.717) is 6.42 Å². The van der Waals surface area contributed by atoms with E-state index in [1.165, 1.54) is 4.43 Å². The molecule has 15 heavy (non-hydrogen) atoms. The molecule has 1 rings (SSSR count). The van der Waals surface area contributed by atoms with Gasteiger partial charge in [-0.05, 0) is 0 Å². The molecular weight excluding hydrogens is 230 g/mol. The van der Waals surface area contributed by atoms with Crippen LogP contribution < -0.4 is 9.32 Å². The molecular formula is C9H10AlO4P. The van der Waals surface area contributed by atoms with Crippen LogP contribution >= 0.6 is 8.69 Å². The van der Waals surface area contributed by atoms with E-state index < -0.39 is 14.7 Å². The minimum atomic E-state index is -1.08. The molecule has 1 aromatic carbocycles. The number of hydrogen-bond donors (Lipinski definition) is 1. The minimum Gasteiger partial charge on any atom is -0.772 e. The van der Waals surface area contributed by atoms with Crippen molar-refractivity contribution in [1.29, 1.82) is 0 Å². The topological polar surface area (TPSA) is 77.4 Å². The van der Waals surface area contributed by atoms with Crippen LogP contribution in [0.25, 0.3) is 0 Å². The molecule has 0 amide bonds. The van der Waals surface area contributed by atoms with E-state index in [2.05, 4.69) is 12.1 Å². The number of carbonyl (C=O) groups is 1. The van der Waals surface area contributed by atoms with E-state index in [1.54, 1.807) is 0 Å². The van der Waals surface area contributed by atoms with Gasteiger partial charge in [-0.2, -0.15) is 0 Å². The molecule has 0 fully saturated rings. The molecule has 0 aromatic heterocycles. The quantitative estimate of drug-likeness (QED) is 0.612. The first-order chi connectivity index (χ1) is 7.20. The van der Waals surface area contributed by atoms with Crippen LogP contribution in [0, 0.1) is 0 Å². The molecule has 0 aliphatic carbocycles. The Morgan fingerprint density at radius 3 is 2.40 bits per heavy atom. The first kappa shape index (κ1) is 14.3. The second-order valence-electron chi connectivity index (χ2n) is 2.62. The monoisotopic (exact) mass is 240 g/mol. The van der Waals surface area contributed by atoms with Crippen molar-refractivity contribution in [2.24, 2.45) is 0 Å². The Balaban J connectivity index is 0.000000583. The van der Waals surface area contributed by atoms with Gasteiger partial charge in [0.15, 0.2) is 0 Å². The van der Waals surface area contributed by atoms with Gasteiger partial charge in [-0.1, -0.05) is 0 Å². The first-order valence-electron chi connectivity index (χ1n) is 4.25. The molecule has 0 unspecified atom stereocenters. The molecule has 78 valence electrons. The number of carboxylic acid groups (broad SMARTS) is 1. The molecule has 1 aromatic rings. The second kappa shape index (κ2) is 9.82. The van der Waals surface area contributed by atoms with Gasteiger partial charge in [0.05, 0.1) is 8.69 Å². The van der Waals surface area contributed by atoms with Crippen molar-refractivity contribution in [2.75, 3.05) is 0 Å². The zero-order valence-corrected chi connectivity index (χ0v) is 10.0. The van der Waals surface area contributed by atoms with Gasteiger partial charge < -0.3 is 4.89 Å². The van der Waals surface area contributed by atoms with Crippen LogP contribution in [-0.4, -0.2) is 26.3 Å². The number of rotatable bonds is 4. The number of hydrogen-bond acceptors (Lipinski definition) is 3. The van der Waals surface area contributed by atoms with Crippen LogP contribution in [0.4, 0.5) is 0 Å². The number of benzene rings is 1. The van der Waals surface area contributed by atoms with Crippen LogP contribution in [0.3, 0.4) is 0 Å². The maximum atomic E-state index is 10.2. The summed E-state index contributed by atoms with van der Waals surface area (Å²) in [6.07, 6.45) is 0.296. The van der Waals surface area contributed by atoms with Gasteiger partial charge in [0.1, 0.15) is 0 Å². The summed E-state index contributed by atoms with van der Waals surface area (Å²) in [6.45, 7) is 0. The molecule has 0 atom stereocenters. The standard InChI is InChI=1S/C6H5.C3H5O2.Al.HO2P/c1-2-4-6-5-3-1;1-2-3(4)5;;1-3-2/h1-5H;1-2H2,(H,4,5);;(H,1,2)/q;;+1;/p-1. The molecule has 0 spiro atoms. The zero-order chi connectivity index (χ0) is 11.5. The zero-order valence-electron chi connectivity index (χ0n) is 8.00. The van der Waals surface area contributed by atoms with E-state index in [-0.39, 0.29) is 15.2 Å². The van der Waals surface area contributed by atoms with Crippen molar-refractivity contribution in [3.05, 3.63) is 30.3 Å². The average Bonchev–Trinajstić information content (AvgIpc) is 2.20. The fraction of sp³-hybridized carbons (Fsp3) is 0.222. The Morgan fingerprint density at radius 1 is 1.40 bits per heavy atom. The summed E-state index contributed by atoms with van der Waals surface area (Å²) in [5, 5.41) is 9.21. The molecule has 0 bridgehead atoms. The summed E-state index contributed by atoms with van der Waals surface area (Å²) < 4.78 is 9.64. The van der Waals surface area contributed by atoms with E-state index in [4.69, 9.17) is 14.6 Å². The molecule has 0 saturated carbocycles. The summed E-state index contributed by atoms with van der Waals surface area (Å²) >= 11 is 0.141. The van der Waals surface area contributed by atoms with Crippen molar-refractivity contribution in [2.45, 2.75) is 11.7 Å². The van der Waals surface area contributed by atoms with Gasteiger partial charge in [-0.15, -0.1) is 0 Å². The van der Waals surface area contributed by atoms with Crippen molar-refractivity contribution < 1.29 is 19.4 Å². The Hall–Kier alpha value is -0.718. The summed E-state index contributed by atoms with van der Waals surface area (Å²) in [7, 11) is -1.08. The minimum absolute atomic E-state index is 0.141.